The third kappa shape index (κ3) is 4.94. The number of ether oxygens (including phenoxy) is 1. The molecule has 1 atom stereocenters. The van der Waals surface area contributed by atoms with Gasteiger partial charge in [-0.2, -0.15) is 0 Å². The fraction of sp³-hybridized carbons (Fsp3) is 0.444. The fourth-order valence-electron chi connectivity index (χ4n) is 2.60. The van der Waals surface area contributed by atoms with Gasteiger partial charge >= 0.3 is 0 Å². The zero-order valence-electron chi connectivity index (χ0n) is 13.0. The van der Waals surface area contributed by atoms with Crippen molar-refractivity contribution in [3.05, 3.63) is 54.0 Å². The largest absolute Gasteiger partial charge is 0.496 e. The van der Waals surface area contributed by atoms with Crippen molar-refractivity contribution in [2.45, 2.75) is 26.2 Å². The highest BCUT2D eigenvalue weighted by atomic mass is 16.5. The Morgan fingerprint density at radius 1 is 1.14 bits per heavy atom. The lowest BCUT2D eigenvalue weighted by Crippen LogP contribution is -2.26. The van der Waals surface area contributed by atoms with E-state index in [1.54, 1.807) is 13.4 Å². The van der Waals surface area contributed by atoms with Crippen LogP contribution in [-0.4, -0.2) is 20.2 Å². The molecule has 0 saturated carbocycles. The van der Waals surface area contributed by atoms with E-state index in [2.05, 4.69) is 30.4 Å². The maximum atomic E-state index is 5.51. The van der Waals surface area contributed by atoms with E-state index in [9.17, 15) is 0 Å². The molecule has 0 fully saturated rings. The first-order valence-electron chi connectivity index (χ1n) is 7.68. The first kappa shape index (κ1) is 15.6. The number of hydrogen-bond acceptors (Lipinski definition) is 3. The van der Waals surface area contributed by atoms with Gasteiger partial charge in [0.15, 0.2) is 0 Å². The summed E-state index contributed by atoms with van der Waals surface area (Å²) in [7, 11) is 1.73. The Morgan fingerprint density at radius 3 is 2.71 bits per heavy atom. The van der Waals surface area contributed by atoms with Gasteiger partial charge in [0.2, 0.25) is 0 Å². The van der Waals surface area contributed by atoms with Crippen LogP contribution in [0.25, 0.3) is 0 Å². The van der Waals surface area contributed by atoms with E-state index in [4.69, 9.17) is 9.15 Å². The lowest BCUT2D eigenvalue weighted by Gasteiger charge is -2.18. The number of rotatable bonds is 9. The van der Waals surface area contributed by atoms with E-state index in [0.29, 0.717) is 5.92 Å². The van der Waals surface area contributed by atoms with E-state index < -0.39 is 0 Å². The normalized spacial score (nSPS) is 12.3. The molecule has 0 aliphatic rings. The second kappa shape index (κ2) is 8.53. The number of methoxy groups -OCH3 is 1. The van der Waals surface area contributed by atoms with Crippen molar-refractivity contribution in [1.29, 1.82) is 0 Å². The second-order valence-electron chi connectivity index (χ2n) is 5.37. The number of nitrogens with one attached hydrogen (secondary N) is 1. The van der Waals surface area contributed by atoms with Crippen molar-refractivity contribution in [3.8, 4) is 5.75 Å². The Balaban J connectivity index is 2.03. The lowest BCUT2D eigenvalue weighted by molar-refractivity contribution is 0.390. The minimum Gasteiger partial charge on any atom is -0.496 e. The zero-order chi connectivity index (χ0) is 14.9. The van der Waals surface area contributed by atoms with Gasteiger partial charge in [-0.05, 0) is 55.6 Å². The highest BCUT2D eigenvalue weighted by Gasteiger charge is 2.14. The Hall–Kier alpha value is -1.74. The van der Waals surface area contributed by atoms with Crippen LogP contribution in [-0.2, 0) is 12.8 Å². The van der Waals surface area contributed by atoms with Gasteiger partial charge < -0.3 is 14.5 Å². The van der Waals surface area contributed by atoms with E-state index in [1.807, 2.05) is 18.2 Å². The van der Waals surface area contributed by atoms with E-state index in [1.165, 1.54) is 5.56 Å². The minimum atomic E-state index is 0.499. The first-order chi connectivity index (χ1) is 10.3. The standard InChI is InChI=1S/C18H25NO2/c1-3-10-19-14-15(13-17-8-6-11-21-17)12-16-7-4-5-9-18(16)20-2/h4-9,11,15,19H,3,10,12-14H2,1-2H3. The fourth-order valence-corrected chi connectivity index (χ4v) is 2.60. The second-order valence-corrected chi connectivity index (χ2v) is 5.37. The third-order valence-corrected chi connectivity index (χ3v) is 3.63. The van der Waals surface area contributed by atoms with E-state index in [0.717, 1.165) is 43.9 Å². The summed E-state index contributed by atoms with van der Waals surface area (Å²) in [5.41, 5.74) is 1.26. The molecule has 21 heavy (non-hydrogen) atoms. The van der Waals surface area contributed by atoms with Gasteiger partial charge in [0.05, 0.1) is 13.4 Å². The molecule has 3 nitrogen and oxygen atoms in total. The molecule has 2 aromatic rings. The molecule has 0 radical (unpaired) electrons. The molecule has 1 N–H and O–H groups in total. The van der Waals surface area contributed by atoms with Crippen LogP contribution in [0, 0.1) is 5.92 Å². The Morgan fingerprint density at radius 2 is 2.00 bits per heavy atom. The molecule has 1 unspecified atom stereocenters. The van der Waals surface area contributed by atoms with Crippen LogP contribution in [0.3, 0.4) is 0 Å². The molecule has 2 rings (SSSR count). The summed E-state index contributed by atoms with van der Waals surface area (Å²) in [5, 5.41) is 3.52. The van der Waals surface area contributed by atoms with Crippen molar-refractivity contribution in [2.24, 2.45) is 5.92 Å². The molecule has 1 aromatic carbocycles. The predicted molar refractivity (Wildman–Crippen MR) is 85.8 cm³/mol. The van der Waals surface area contributed by atoms with Gasteiger partial charge in [0, 0.05) is 6.42 Å². The highest BCUT2D eigenvalue weighted by molar-refractivity contribution is 5.33. The van der Waals surface area contributed by atoms with Gasteiger partial charge in [-0.15, -0.1) is 0 Å². The molecular weight excluding hydrogens is 262 g/mol. The van der Waals surface area contributed by atoms with Crippen molar-refractivity contribution < 1.29 is 9.15 Å². The van der Waals surface area contributed by atoms with Crippen molar-refractivity contribution >= 4 is 0 Å². The molecule has 3 heteroatoms. The number of hydrogen-bond donors (Lipinski definition) is 1. The van der Waals surface area contributed by atoms with Crippen molar-refractivity contribution in [1.82, 2.24) is 5.32 Å². The van der Waals surface area contributed by atoms with Crippen molar-refractivity contribution in [3.63, 3.8) is 0 Å². The molecule has 0 saturated heterocycles. The van der Waals surface area contributed by atoms with Crippen LogP contribution in [0.15, 0.2) is 47.1 Å². The first-order valence-corrected chi connectivity index (χ1v) is 7.68. The average Bonchev–Trinajstić information content (AvgIpc) is 3.01. The van der Waals surface area contributed by atoms with Crippen LogP contribution >= 0.6 is 0 Å². The molecule has 0 aliphatic heterocycles. The summed E-state index contributed by atoms with van der Waals surface area (Å²) in [6.45, 7) is 4.24. The molecule has 114 valence electrons. The summed E-state index contributed by atoms with van der Waals surface area (Å²) >= 11 is 0. The van der Waals surface area contributed by atoms with Gasteiger partial charge in [0.1, 0.15) is 11.5 Å². The van der Waals surface area contributed by atoms with Crippen LogP contribution in [0.5, 0.6) is 5.75 Å². The molecule has 0 bridgehead atoms. The summed E-state index contributed by atoms with van der Waals surface area (Å²) in [4.78, 5) is 0. The van der Waals surface area contributed by atoms with Crippen LogP contribution in [0.2, 0.25) is 0 Å². The van der Waals surface area contributed by atoms with Gasteiger partial charge in [-0.25, -0.2) is 0 Å². The van der Waals surface area contributed by atoms with Gasteiger partial charge in [0.25, 0.3) is 0 Å². The molecule has 1 heterocycles. The predicted octanol–water partition coefficient (Wildman–Crippen LogP) is 3.69. The highest BCUT2D eigenvalue weighted by Crippen LogP contribution is 2.22. The molecule has 0 amide bonds. The average molecular weight is 287 g/mol. The number of benzene rings is 1. The summed E-state index contributed by atoms with van der Waals surface area (Å²) in [6, 6.07) is 12.3. The molecular formula is C18H25NO2. The summed E-state index contributed by atoms with van der Waals surface area (Å²) in [5.74, 6) is 2.52. The van der Waals surface area contributed by atoms with Crippen molar-refractivity contribution in [2.75, 3.05) is 20.2 Å². The maximum Gasteiger partial charge on any atom is 0.122 e. The Kier molecular flexibility index (Phi) is 6.35. The summed E-state index contributed by atoms with van der Waals surface area (Å²) < 4.78 is 11.0. The lowest BCUT2D eigenvalue weighted by atomic mass is 9.94. The van der Waals surface area contributed by atoms with E-state index in [-0.39, 0.29) is 0 Å². The van der Waals surface area contributed by atoms with Gasteiger partial charge in [-0.3, -0.25) is 0 Å². The number of furan rings is 1. The maximum absolute atomic E-state index is 5.51. The van der Waals surface area contributed by atoms with Crippen LogP contribution < -0.4 is 10.1 Å². The number of para-hydroxylation sites is 1. The van der Waals surface area contributed by atoms with E-state index >= 15 is 0 Å². The Labute approximate surface area is 127 Å². The van der Waals surface area contributed by atoms with Gasteiger partial charge in [-0.1, -0.05) is 25.1 Å². The topological polar surface area (TPSA) is 34.4 Å². The zero-order valence-corrected chi connectivity index (χ0v) is 13.0. The smallest absolute Gasteiger partial charge is 0.122 e. The third-order valence-electron chi connectivity index (χ3n) is 3.63. The molecule has 0 aliphatic carbocycles. The molecule has 1 aromatic heterocycles. The quantitative estimate of drug-likeness (QED) is 0.714. The SMILES string of the molecule is CCCNCC(Cc1ccco1)Cc1ccccc1OC. The summed E-state index contributed by atoms with van der Waals surface area (Å²) in [6.07, 6.45) is 4.83. The Bertz CT molecular complexity index is 508. The molecule has 0 spiro atoms. The minimum absolute atomic E-state index is 0.499. The van der Waals surface area contributed by atoms with Crippen LogP contribution in [0.4, 0.5) is 0 Å². The monoisotopic (exact) mass is 287 g/mol. The van der Waals surface area contributed by atoms with Crippen LogP contribution in [0.1, 0.15) is 24.7 Å².